The molecule has 28 heavy (non-hydrogen) atoms. The molecule has 3 aromatic heterocycles. The number of carbonyl (C=O) groups is 1. The van der Waals surface area contributed by atoms with Crippen LogP contribution in [0.25, 0.3) is 17.0 Å². The van der Waals surface area contributed by atoms with Gasteiger partial charge in [-0.1, -0.05) is 0 Å². The molecule has 0 unspecified atom stereocenters. The van der Waals surface area contributed by atoms with Gasteiger partial charge in [0.2, 0.25) is 0 Å². The maximum atomic E-state index is 14.5. The van der Waals surface area contributed by atoms with Crippen molar-refractivity contribution in [2.24, 2.45) is 0 Å². The number of imidazole rings is 1. The van der Waals surface area contributed by atoms with Crippen LogP contribution in [0.5, 0.6) is 0 Å². The Morgan fingerprint density at radius 1 is 1.32 bits per heavy atom. The molecule has 9 heteroatoms. The van der Waals surface area contributed by atoms with Gasteiger partial charge in [0, 0.05) is 37.5 Å². The molecule has 1 amide bonds. The number of carbonyl (C=O) groups excluding carboxylic acids is 1. The summed E-state index contributed by atoms with van der Waals surface area (Å²) in [4.78, 5) is 20.2. The minimum atomic E-state index is -0.776. The fraction of sp³-hybridized carbons (Fsp3) is 0.316. The second-order valence-electron chi connectivity index (χ2n) is 6.70. The fourth-order valence-electron chi connectivity index (χ4n) is 3.36. The first-order valence-corrected chi connectivity index (χ1v) is 9.09. The van der Waals surface area contributed by atoms with Crippen LogP contribution in [0, 0.1) is 11.6 Å². The average molecular weight is 386 g/mol. The normalized spacial score (nSPS) is 16.9. The standard InChI is InChI=1S/C19H20F2N6O/c1-22-19(28)11-4-6-27-15(10-24-16(27)7-11)17-13(20)8-14(21)18(26-17)25-12-3-2-5-23-9-12/h4,6-8,10,12,23H,2-3,5,9H2,1H3,(H,22,28)(H,25,26)/t12-/m1/s1. The number of piperidine rings is 1. The van der Waals surface area contributed by atoms with E-state index in [1.807, 2.05) is 0 Å². The number of anilines is 1. The van der Waals surface area contributed by atoms with Crippen molar-refractivity contribution >= 4 is 17.4 Å². The third-order valence-electron chi connectivity index (χ3n) is 4.81. The van der Waals surface area contributed by atoms with E-state index in [4.69, 9.17) is 0 Å². The first-order valence-electron chi connectivity index (χ1n) is 9.09. The number of aromatic nitrogens is 3. The Morgan fingerprint density at radius 3 is 2.93 bits per heavy atom. The molecule has 0 spiro atoms. The van der Waals surface area contributed by atoms with E-state index in [1.54, 1.807) is 22.7 Å². The van der Waals surface area contributed by atoms with Gasteiger partial charge in [-0.05, 0) is 31.5 Å². The molecule has 1 aliphatic heterocycles. The molecule has 1 saturated heterocycles. The molecule has 4 rings (SSSR count). The summed E-state index contributed by atoms with van der Waals surface area (Å²) >= 11 is 0. The molecule has 1 atom stereocenters. The first kappa shape index (κ1) is 18.3. The molecule has 0 aliphatic carbocycles. The number of halogens is 2. The van der Waals surface area contributed by atoms with E-state index in [2.05, 4.69) is 25.9 Å². The number of amides is 1. The van der Waals surface area contributed by atoms with Crippen molar-refractivity contribution in [1.29, 1.82) is 0 Å². The lowest BCUT2D eigenvalue weighted by Crippen LogP contribution is -2.38. The van der Waals surface area contributed by atoms with Crippen LogP contribution in [0.3, 0.4) is 0 Å². The third kappa shape index (κ3) is 3.40. The topological polar surface area (TPSA) is 83.4 Å². The highest BCUT2D eigenvalue weighted by molar-refractivity contribution is 5.94. The van der Waals surface area contributed by atoms with Crippen LogP contribution < -0.4 is 16.0 Å². The van der Waals surface area contributed by atoms with Crippen LogP contribution in [-0.2, 0) is 0 Å². The maximum absolute atomic E-state index is 14.5. The lowest BCUT2D eigenvalue weighted by atomic mass is 10.1. The lowest BCUT2D eigenvalue weighted by molar-refractivity contribution is 0.0963. The molecule has 1 fully saturated rings. The molecule has 1 aliphatic rings. The van der Waals surface area contributed by atoms with Crippen LogP contribution in [-0.4, -0.2) is 46.5 Å². The summed E-state index contributed by atoms with van der Waals surface area (Å²) in [5.74, 6) is -1.74. The largest absolute Gasteiger partial charge is 0.364 e. The summed E-state index contributed by atoms with van der Waals surface area (Å²) in [6, 6.07) is 4.06. The van der Waals surface area contributed by atoms with Crippen molar-refractivity contribution in [1.82, 2.24) is 25.0 Å². The highest BCUT2D eigenvalue weighted by Crippen LogP contribution is 2.26. The number of hydrogen-bond donors (Lipinski definition) is 3. The zero-order valence-electron chi connectivity index (χ0n) is 15.3. The summed E-state index contributed by atoms with van der Waals surface area (Å²) in [6.45, 7) is 1.63. The molecule has 0 bridgehead atoms. The molecule has 3 N–H and O–H groups in total. The van der Waals surface area contributed by atoms with Gasteiger partial charge in [0.05, 0.1) is 11.9 Å². The van der Waals surface area contributed by atoms with Gasteiger partial charge in [-0.3, -0.25) is 9.20 Å². The Bertz CT molecular complexity index is 1030. The molecule has 0 radical (unpaired) electrons. The monoisotopic (exact) mass is 386 g/mol. The minimum Gasteiger partial charge on any atom is -0.364 e. The number of nitrogens with one attached hydrogen (secondary N) is 3. The lowest BCUT2D eigenvalue weighted by Gasteiger charge is -2.24. The highest BCUT2D eigenvalue weighted by Gasteiger charge is 2.20. The van der Waals surface area contributed by atoms with E-state index >= 15 is 0 Å². The summed E-state index contributed by atoms with van der Waals surface area (Å²) in [7, 11) is 1.54. The SMILES string of the molecule is CNC(=O)c1ccn2c(-c3nc(N[C@@H]4CCCNC4)c(F)cc3F)cnc2c1. The molecule has 0 aromatic carbocycles. The van der Waals surface area contributed by atoms with Crippen LogP contribution in [0.15, 0.2) is 30.6 Å². The number of rotatable bonds is 4. The van der Waals surface area contributed by atoms with Crippen LogP contribution in [0.4, 0.5) is 14.6 Å². The van der Waals surface area contributed by atoms with Crippen molar-refractivity contribution in [3.63, 3.8) is 0 Å². The Hall–Kier alpha value is -3.07. The minimum absolute atomic E-state index is 0.00661. The molecule has 7 nitrogen and oxygen atoms in total. The van der Waals surface area contributed by atoms with Crippen molar-refractivity contribution in [3.05, 3.63) is 47.8 Å². The number of fused-ring (bicyclic) bond motifs is 1. The second kappa shape index (κ2) is 7.51. The molecular formula is C19H20F2N6O. The van der Waals surface area contributed by atoms with Crippen LogP contribution >= 0.6 is 0 Å². The molecule has 146 valence electrons. The van der Waals surface area contributed by atoms with Gasteiger partial charge in [0.15, 0.2) is 17.5 Å². The summed E-state index contributed by atoms with van der Waals surface area (Å²) in [5.41, 5.74) is 1.27. The average Bonchev–Trinajstić information content (AvgIpc) is 3.13. The van der Waals surface area contributed by atoms with E-state index in [9.17, 15) is 13.6 Å². The quantitative estimate of drug-likeness (QED) is 0.640. The van der Waals surface area contributed by atoms with E-state index < -0.39 is 11.6 Å². The van der Waals surface area contributed by atoms with Crippen molar-refractivity contribution in [3.8, 4) is 11.4 Å². The van der Waals surface area contributed by atoms with Gasteiger partial charge in [-0.25, -0.2) is 18.7 Å². The van der Waals surface area contributed by atoms with Crippen molar-refractivity contribution in [2.75, 3.05) is 25.5 Å². The van der Waals surface area contributed by atoms with E-state index in [-0.39, 0.29) is 23.5 Å². The molecule has 4 heterocycles. The van der Waals surface area contributed by atoms with Gasteiger partial charge in [-0.15, -0.1) is 0 Å². The Labute approximate surface area is 160 Å². The van der Waals surface area contributed by atoms with E-state index in [1.165, 1.54) is 13.2 Å². The first-order chi connectivity index (χ1) is 13.6. The number of nitrogens with zero attached hydrogens (tertiary/aromatic N) is 3. The van der Waals surface area contributed by atoms with Crippen LogP contribution in [0.1, 0.15) is 23.2 Å². The summed E-state index contributed by atoms with van der Waals surface area (Å²) < 4.78 is 30.4. The van der Waals surface area contributed by atoms with Gasteiger partial charge in [0.25, 0.3) is 5.91 Å². The van der Waals surface area contributed by atoms with Gasteiger partial charge in [-0.2, -0.15) is 0 Å². The third-order valence-corrected chi connectivity index (χ3v) is 4.81. The number of hydrogen-bond acceptors (Lipinski definition) is 5. The van der Waals surface area contributed by atoms with Gasteiger partial charge >= 0.3 is 0 Å². The smallest absolute Gasteiger partial charge is 0.251 e. The van der Waals surface area contributed by atoms with Crippen molar-refractivity contribution < 1.29 is 13.6 Å². The highest BCUT2D eigenvalue weighted by atomic mass is 19.1. The fourth-order valence-corrected chi connectivity index (χ4v) is 3.36. The number of pyridine rings is 2. The van der Waals surface area contributed by atoms with Gasteiger partial charge in [0.1, 0.15) is 11.3 Å². The van der Waals surface area contributed by atoms with Gasteiger partial charge < -0.3 is 16.0 Å². The predicted octanol–water partition coefficient (Wildman–Crippen LogP) is 2.20. The Kier molecular flexibility index (Phi) is 4.91. The Morgan fingerprint density at radius 2 is 2.18 bits per heavy atom. The zero-order chi connectivity index (χ0) is 19.7. The summed E-state index contributed by atoms with van der Waals surface area (Å²) in [6.07, 6.45) is 4.94. The van der Waals surface area contributed by atoms with Crippen LogP contribution in [0.2, 0.25) is 0 Å². The van der Waals surface area contributed by atoms with E-state index in [0.29, 0.717) is 23.4 Å². The summed E-state index contributed by atoms with van der Waals surface area (Å²) in [5, 5.41) is 8.84. The molecule has 0 saturated carbocycles. The van der Waals surface area contributed by atoms with E-state index in [0.717, 1.165) is 25.5 Å². The maximum Gasteiger partial charge on any atom is 0.251 e. The second-order valence-corrected chi connectivity index (χ2v) is 6.70. The van der Waals surface area contributed by atoms with Crippen molar-refractivity contribution in [2.45, 2.75) is 18.9 Å². The predicted molar refractivity (Wildman–Crippen MR) is 101 cm³/mol. The zero-order valence-corrected chi connectivity index (χ0v) is 15.3. The molecule has 3 aromatic rings. The Balaban J connectivity index is 1.72. The molecular weight excluding hydrogens is 366 g/mol.